The first-order chi connectivity index (χ1) is 9.56. The van der Waals surface area contributed by atoms with Crippen molar-refractivity contribution in [2.75, 3.05) is 39.8 Å². The quantitative estimate of drug-likeness (QED) is 0.696. The first kappa shape index (κ1) is 15.0. The number of hydrogen-bond acceptors (Lipinski definition) is 4. The van der Waals surface area contributed by atoms with E-state index in [0.717, 1.165) is 25.9 Å². The number of carbonyl (C=O) groups is 2. The number of allylic oxidation sites excluding steroid dienone is 2. The predicted molar refractivity (Wildman–Crippen MR) is 74.9 cm³/mol. The molecule has 2 N–H and O–H groups in total. The van der Waals surface area contributed by atoms with Crippen LogP contribution in [0.4, 0.5) is 0 Å². The summed E-state index contributed by atoms with van der Waals surface area (Å²) in [5.74, 6) is -0.519. The average Bonchev–Trinajstić information content (AvgIpc) is 2.90. The van der Waals surface area contributed by atoms with Crippen molar-refractivity contribution < 1.29 is 14.3 Å². The first-order valence-electron chi connectivity index (χ1n) is 7.08. The molecule has 2 aliphatic rings. The summed E-state index contributed by atoms with van der Waals surface area (Å²) in [4.78, 5) is 27.4. The predicted octanol–water partition coefficient (Wildman–Crippen LogP) is -0.403. The molecule has 1 aliphatic carbocycles. The third kappa shape index (κ3) is 4.05. The van der Waals surface area contributed by atoms with Gasteiger partial charge in [0, 0.05) is 25.6 Å². The molecule has 0 spiro atoms. The Kier molecular flexibility index (Phi) is 5.14. The summed E-state index contributed by atoms with van der Waals surface area (Å²) < 4.78 is 5.67. The van der Waals surface area contributed by atoms with Crippen LogP contribution in [0.1, 0.15) is 12.8 Å². The number of nitrogens with zero attached hydrogens (tertiary/aromatic N) is 2. The molecular weight excluding hydrogens is 258 g/mol. The van der Waals surface area contributed by atoms with Crippen LogP contribution < -0.4 is 5.73 Å². The van der Waals surface area contributed by atoms with Crippen LogP contribution in [0.25, 0.3) is 0 Å². The lowest BCUT2D eigenvalue weighted by atomic mass is 10.1. The second kappa shape index (κ2) is 6.85. The zero-order chi connectivity index (χ0) is 14.5. The Morgan fingerprint density at radius 1 is 1.40 bits per heavy atom. The van der Waals surface area contributed by atoms with Crippen molar-refractivity contribution in [1.82, 2.24) is 9.80 Å². The average molecular weight is 281 g/mol. The van der Waals surface area contributed by atoms with E-state index in [-0.39, 0.29) is 24.5 Å². The van der Waals surface area contributed by atoms with E-state index in [9.17, 15) is 9.59 Å². The van der Waals surface area contributed by atoms with Crippen molar-refractivity contribution in [3.05, 3.63) is 12.2 Å². The molecule has 6 heteroatoms. The van der Waals surface area contributed by atoms with Crippen molar-refractivity contribution in [3.63, 3.8) is 0 Å². The lowest BCUT2D eigenvalue weighted by Gasteiger charge is -2.34. The van der Waals surface area contributed by atoms with Gasteiger partial charge in [0.2, 0.25) is 11.8 Å². The molecule has 1 atom stereocenters. The minimum Gasteiger partial charge on any atom is -0.374 e. The Morgan fingerprint density at radius 3 is 2.70 bits per heavy atom. The maximum Gasteiger partial charge on any atom is 0.237 e. The van der Waals surface area contributed by atoms with Crippen LogP contribution in [0.15, 0.2) is 12.2 Å². The van der Waals surface area contributed by atoms with Gasteiger partial charge in [0.1, 0.15) is 0 Å². The Morgan fingerprint density at radius 2 is 2.10 bits per heavy atom. The van der Waals surface area contributed by atoms with Crippen molar-refractivity contribution >= 4 is 11.8 Å². The highest BCUT2D eigenvalue weighted by Gasteiger charge is 2.29. The number of morpholine rings is 1. The van der Waals surface area contributed by atoms with Crippen LogP contribution in [0.3, 0.4) is 0 Å². The number of likely N-dealkylation sites (N-methyl/N-ethyl adjacent to an activating group) is 1. The Balaban J connectivity index is 1.95. The zero-order valence-electron chi connectivity index (χ0n) is 12.0. The fourth-order valence-electron chi connectivity index (χ4n) is 2.72. The lowest BCUT2D eigenvalue weighted by molar-refractivity contribution is -0.141. The molecule has 112 valence electrons. The second-order valence-electron chi connectivity index (χ2n) is 5.58. The summed E-state index contributed by atoms with van der Waals surface area (Å²) >= 11 is 0. The number of primary amides is 1. The molecule has 0 aromatic rings. The third-order valence-corrected chi connectivity index (χ3v) is 3.78. The van der Waals surface area contributed by atoms with Gasteiger partial charge >= 0.3 is 0 Å². The van der Waals surface area contributed by atoms with Gasteiger partial charge in [-0.15, -0.1) is 0 Å². The Hall–Kier alpha value is -1.40. The molecule has 0 unspecified atom stereocenters. The van der Waals surface area contributed by atoms with E-state index in [1.165, 1.54) is 0 Å². The number of rotatable bonds is 5. The monoisotopic (exact) mass is 281 g/mol. The van der Waals surface area contributed by atoms with Gasteiger partial charge in [-0.1, -0.05) is 12.2 Å². The van der Waals surface area contributed by atoms with E-state index in [1.807, 2.05) is 19.2 Å². The summed E-state index contributed by atoms with van der Waals surface area (Å²) in [5, 5.41) is 0. The van der Waals surface area contributed by atoms with E-state index < -0.39 is 5.91 Å². The summed E-state index contributed by atoms with van der Waals surface area (Å²) in [6.07, 6.45) is 5.47. The topological polar surface area (TPSA) is 75.9 Å². The fourth-order valence-corrected chi connectivity index (χ4v) is 2.72. The van der Waals surface area contributed by atoms with Gasteiger partial charge in [-0.25, -0.2) is 0 Å². The number of nitrogens with two attached hydrogens (primary N) is 1. The molecule has 6 nitrogen and oxygen atoms in total. The maximum absolute atomic E-state index is 12.4. The molecule has 0 bridgehead atoms. The van der Waals surface area contributed by atoms with E-state index in [4.69, 9.17) is 10.5 Å². The Bertz CT molecular complexity index is 389. The van der Waals surface area contributed by atoms with Crippen LogP contribution in [0.5, 0.6) is 0 Å². The number of amides is 2. The van der Waals surface area contributed by atoms with E-state index in [2.05, 4.69) is 4.90 Å². The number of hydrogen-bond donors (Lipinski definition) is 1. The summed E-state index contributed by atoms with van der Waals surface area (Å²) in [6.45, 7) is 2.73. The van der Waals surface area contributed by atoms with E-state index >= 15 is 0 Å². The van der Waals surface area contributed by atoms with Crippen LogP contribution in [-0.4, -0.2) is 67.6 Å². The maximum atomic E-state index is 12.4. The summed E-state index contributed by atoms with van der Waals surface area (Å²) in [5.41, 5.74) is 5.26. The molecule has 0 aromatic heterocycles. The molecule has 0 aromatic carbocycles. The van der Waals surface area contributed by atoms with Gasteiger partial charge in [-0.2, -0.15) is 0 Å². The van der Waals surface area contributed by atoms with Gasteiger partial charge in [-0.3, -0.25) is 9.59 Å². The molecule has 2 amide bonds. The largest absolute Gasteiger partial charge is 0.374 e. The molecular formula is C14H23N3O3. The van der Waals surface area contributed by atoms with Gasteiger partial charge in [0.25, 0.3) is 0 Å². The van der Waals surface area contributed by atoms with Gasteiger partial charge in [0.15, 0.2) is 0 Å². The normalized spacial score (nSPS) is 23.9. The summed E-state index contributed by atoms with van der Waals surface area (Å²) in [7, 11) is 2.02. The molecule has 1 fully saturated rings. The van der Waals surface area contributed by atoms with Gasteiger partial charge < -0.3 is 20.3 Å². The summed E-state index contributed by atoms with van der Waals surface area (Å²) in [6, 6.07) is 0. The minimum absolute atomic E-state index is 0.00521. The highest BCUT2D eigenvalue weighted by atomic mass is 16.5. The van der Waals surface area contributed by atoms with Gasteiger partial charge in [-0.05, 0) is 19.9 Å². The zero-order valence-corrected chi connectivity index (χ0v) is 12.0. The molecule has 1 aliphatic heterocycles. The molecule has 1 heterocycles. The third-order valence-electron chi connectivity index (χ3n) is 3.78. The molecule has 20 heavy (non-hydrogen) atoms. The van der Waals surface area contributed by atoms with Crippen LogP contribution in [0, 0.1) is 5.92 Å². The van der Waals surface area contributed by atoms with Crippen molar-refractivity contribution in [1.29, 1.82) is 0 Å². The number of ether oxygens (including phenoxy) is 1. The van der Waals surface area contributed by atoms with Crippen LogP contribution in [0.2, 0.25) is 0 Å². The van der Waals surface area contributed by atoms with Crippen molar-refractivity contribution in [2.24, 2.45) is 11.7 Å². The minimum atomic E-state index is -0.478. The molecule has 0 saturated carbocycles. The van der Waals surface area contributed by atoms with E-state index in [1.54, 1.807) is 4.90 Å². The lowest BCUT2D eigenvalue weighted by Crippen LogP contribution is -2.50. The Labute approximate surface area is 119 Å². The second-order valence-corrected chi connectivity index (χ2v) is 5.58. The van der Waals surface area contributed by atoms with Crippen molar-refractivity contribution in [3.8, 4) is 0 Å². The molecule has 0 radical (unpaired) electrons. The van der Waals surface area contributed by atoms with Gasteiger partial charge in [0.05, 0.1) is 19.3 Å². The number of carbonyl (C=O) groups excluding carboxylic acids is 2. The molecule has 2 rings (SSSR count). The van der Waals surface area contributed by atoms with Crippen molar-refractivity contribution in [2.45, 2.75) is 18.9 Å². The fraction of sp³-hybridized carbons (Fsp3) is 0.714. The smallest absolute Gasteiger partial charge is 0.237 e. The first-order valence-corrected chi connectivity index (χ1v) is 7.08. The highest BCUT2D eigenvalue weighted by Crippen LogP contribution is 2.21. The SMILES string of the molecule is CN1CCO[C@H](CN(CC(N)=O)C(=O)C2CC=CC2)C1. The highest BCUT2D eigenvalue weighted by molar-refractivity contribution is 5.85. The molecule has 1 saturated heterocycles. The van der Waals surface area contributed by atoms with Crippen LogP contribution >= 0.6 is 0 Å². The van der Waals surface area contributed by atoms with E-state index in [0.29, 0.717) is 13.2 Å². The van der Waals surface area contributed by atoms with Crippen LogP contribution in [-0.2, 0) is 14.3 Å². The standard InChI is InChI=1S/C14H23N3O3/c1-16-6-7-20-12(8-16)9-17(10-13(15)18)14(19)11-4-2-3-5-11/h2-3,11-12H,4-10H2,1H3,(H2,15,18)/t12-/m0/s1.